The van der Waals surface area contributed by atoms with E-state index < -0.39 is 21.7 Å². The Kier molecular flexibility index (Phi) is 6.02. The Morgan fingerprint density at radius 1 is 0.939 bits per heavy atom. The van der Waals surface area contributed by atoms with Crippen molar-refractivity contribution in [1.29, 1.82) is 0 Å². The van der Waals surface area contributed by atoms with Crippen molar-refractivity contribution in [1.82, 2.24) is 4.57 Å². The summed E-state index contributed by atoms with van der Waals surface area (Å²) in [7, 11) is -2.52. The summed E-state index contributed by atoms with van der Waals surface area (Å²) in [5, 5.41) is 3.24. The van der Waals surface area contributed by atoms with Crippen LogP contribution in [0.15, 0.2) is 88.8 Å². The molecule has 0 radical (unpaired) electrons. The summed E-state index contributed by atoms with van der Waals surface area (Å²) in [5.74, 6) is -0.977. The van der Waals surface area contributed by atoms with Crippen molar-refractivity contribution in [2.24, 2.45) is 0 Å². The summed E-state index contributed by atoms with van der Waals surface area (Å²) in [6.45, 7) is 1.75. The third kappa shape index (κ3) is 4.38. The van der Waals surface area contributed by atoms with Crippen LogP contribution in [0.25, 0.3) is 10.9 Å². The summed E-state index contributed by atoms with van der Waals surface area (Å²) in [5.41, 5.74) is 2.12. The van der Waals surface area contributed by atoms with Crippen LogP contribution in [0, 0.1) is 6.92 Å². The van der Waals surface area contributed by atoms with Crippen molar-refractivity contribution in [2.75, 3.05) is 12.4 Å². The van der Waals surface area contributed by atoms with Gasteiger partial charge in [0.05, 0.1) is 28.2 Å². The number of hydrogen-bond acceptors (Lipinski definition) is 5. The van der Waals surface area contributed by atoms with Crippen LogP contribution < -0.4 is 5.32 Å². The molecule has 0 aliphatic rings. The van der Waals surface area contributed by atoms with E-state index >= 15 is 0 Å². The Bertz CT molecular complexity index is 1450. The number of nitrogens with zero attached hydrogens (tertiary/aromatic N) is 1. The fourth-order valence-corrected chi connectivity index (χ4v) is 5.10. The molecule has 4 aromatic rings. The van der Waals surface area contributed by atoms with E-state index in [9.17, 15) is 18.0 Å². The predicted octanol–water partition coefficient (Wildman–Crippen LogP) is 4.21. The average molecular weight is 463 g/mol. The molecule has 3 aromatic carbocycles. The minimum Gasteiger partial charge on any atom is -0.465 e. The van der Waals surface area contributed by atoms with Crippen LogP contribution in [0.1, 0.15) is 15.9 Å². The van der Waals surface area contributed by atoms with Crippen molar-refractivity contribution in [3.63, 3.8) is 0 Å². The van der Waals surface area contributed by atoms with Crippen LogP contribution in [0.2, 0.25) is 0 Å². The van der Waals surface area contributed by atoms with E-state index in [1.54, 1.807) is 77.4 Å². The molecule has 4 rings (SSSR count). The maximum Gasteiger partial charge on any atom is 0.339 e. The van der Waals surface area contributed by atoms with Gasteiger partial charge in [0.2, 0.25) is 15.7 Å². The normalized spacial score (nSPS) is 11.3. The maximum atomic E-state index is 13.3. The molecular formula is C25H22N2O5S. The van der Waals surface area contributed by atoms with Crippen LogP contribution in [-0.2, 0) is 25.9 Å². The first-order valence-electron chi connectivity index (χ1n) is 10.2. The first-order valence-corrected chi connectivity index (χ1v) is 11.7. The maximum absolute atomic E-state index is 13.3. The second-order valence-electron chi connectivity index (χ2n) is 7.54. The highest BCUT2D eigenvalue weighted by Gasteiger charge is 2.24. The van der Waals surface area contributed by atoms with E-state index in [-0.39, 0.29) is 21.9 Å². The van der Waals surface area contributed by atoms with Crippen molar-refractivity contribution in [3.8, 4) is 0 Å². The van der Waals surface area contributed by atoms with Gasteiger partial charge in [-0.25, -0.2) is 13.2 Å². The average Bonchev–Trinajstić information content (AvgIpc) is 3.18. The molecule has 0 spiro atoms. The van der Waals surface area contributed by atoms with Crippen molar-refractivity contribution in [3.05, 3.63) is 90.1 Å². The first-order chi connectivity index (χ1) is 15.8. The molecule has 1 amide bonds. The monoisotopic (exact) mass is 462 g/mol. The number of nitrogens with one attached hydrogen (secondary N) is 1. The number of aryl methyl sites for hydroxylation is 1. The van der Waals surface area contributed by atoms with Gasteiger partial charge < -0.3 is 14.6 Å². The number of methoxy groups -OCH3 is 1. The molecule has 1 heterocycles. The summed E-state index contributed by atoms with van der Waals surface area (Å²) < 4.78 is 33.0. The number of amides is 1. The third-order valence-corrected chi connectivity index (χ3v) is 7.09. The largest absolute Gasteiger partial charge is 0.465 e. The fraction of sp³-hybridized carbons (Fsp3) is 0.120. The second-order valence-corrected chi connectivity index (χ2v) is 9.46. The lowest BCUT2D eigenvalue weighted by Gasteiger charge is -2.10. The highest BCUT2D eigenvalue weighted by atomic mass is 32.2. The molecule has 0 fully saturated rings. The Morgan fingerprint density at radius 2 is 1.61 bits per heavy atom. The Morgan fingerprint density at radius 3 is 2.33 bits per heavy atom. The Balaban J connectivity index is 1.69. The van der Waals surface area contributed by atoms with E-state index in [4.69, 9.17) is 4.74 Å². The smallest absolute Gasteiger partial charge is 0.339 e. The van der Waals surface area contributed by atoms with Gasteiger partial charge in [-0.3, -0.25) is 4.79 Å². The van der Waals surface area contributed by atoms with Crippen LogP contribution in [0.3, 0.4) is 0 Å². The molecule has 8 heteroatoms. The number of carbonyl (C=O) groups excluding carboxylic acids is 2. The van der Waals surface area contributed by atoms with Gasteiger partial charge in [-0.15, -0.1) is 0 Å². The zero-order valence-corrected chi connectivity index (χ0v) is 18.9. The number of aromatic nitrogens is 1. The summed E-state index contributed by atoms with van der Waals surface area (Å²) in [4.78, 5) is 25.1. The number of rotatable bonds is 6. The lowest BCUT2D eigenvalue weighted by Crippen LogP contribution is -2.20. The lowest BCUT2D eigenvalue weighted by molar-refractivity contribution is -0.116. The highest BCUT2D eigenvalue weighted by molar-refractivity contribution is 7.91. The molecule has 0 bridgehead atoms. The Labute approximate surface area is 191 Å². The topological polar surface area (TPSA) is 94.5 Å². The molecule has 1 aromatic heterocycles. The number of benzene rings is 3. The van der Waals surface area contributed by atoms with Crippen LogP contribution in [-0.4, -0.2) is 32.0 Å². The number of sulfone groups is 1. The lowest BCUT2D eigenvalue weighted by atomic mass is 10.2. The van der Waals surface area contributed by atoms with Crippen molar-refractivity contribution in [2.45, 2.75) is 23.3 Å². The predicted molar refractivity (Wildman–Crippen MR) is 125 cm³/mol. The zero-order chi connectivity index (χ0) is 23.6. The molecule has 0 aliphatic heterocycles. The number of ether oxygens (including phenoxy) is 1. The van der Waals surface area contributed by atoms with Crippen molar-refractivity contribution < 1.29 is 22.7 Å². The minimum atomic E-state index is -3.79. The van der Waals surface area contributed by atoms with E-state index in [1.807, 2.05) is 6.92 Å². The van der Waals surface area contributed by atoms with Gasteiger partial charge in [-0.2, -0.15) is 0 Å². The van der Waals surface area contributed by atoms with Gasteiger partial charge in [-0.1, -0.05) is 48.0 Å². The molecule has 0 aliphatic carbocycles. The van der Waals surface area contributed by atoms with Crippen LogP contribution >= 0.6 is 0 Å². The second kappa shape index (κ2) is 8.91. The van der Waals surface area contributed by atoms with Crippen molar-refractivity contribution >= 4 is 38.3 Å². The van der Waals surface area contributed by atoms with E-state index in [1.165, 1.54) is 13.3 Å². The molecular weight excluding hydrogens is 440 g/mol. The molecule has 0 atom stereocenters. The molecule has 0 saturated heterocycles. The number of hydrogen-bond donors (Lipinski definition) is 1. The molecule has 168 valence electrons. The number of para-hydroxylation sites is 2. The minimum absolute atomic E-state index is 0.129. The number of fused-ring (bicyclic) bond motifs is 1. The summed E-state index contributed by atoms with van der Waals surface area (Å²) in [6, 6.07) is 20.2. The van der Waals surface area contributed by atoms with E-state index in [0.29, 0.717) is 16.6 Å². The van der Waals surface area contributed by atoms with E-state index in [2.05, 4.69) is 5.32 Å². The Hall–Kier alpha value is -3.91. The quantitative estimate of drug-likeness (QED) is 0.433. The van der Waals surface area contributed by atoms with Gasteiger partial charge in [0.1, 0.15) is 6.54 Å². The van der Waals surface area contributed by atoms with Gasteiger partial charge in [-0.05, 0) is 37.3 Å². The molecule has 33 heavy (non-hydrogen) atoms. The number of carbonyl (C=O) groups is 2. The molecule has 7 nitrogen and oxygen atoms in total. The number of esters is 1. The first kappa shape index (κ1) is 22.3. The van der Waals surface area contributed by atoms with Gasteiger partial charge in [0, 0.05) is 17.1 Å². The highest BCUT2D eigenvalue weighted by Crippen LogP contribution is 2.30. The molecule has 0 saturated carbocycles. The zero-order valence-electron chi connectivity index (χ0n) is 18.1. The molecule has 0 unspecified atom stereocenters. The third-order valence-electron chi connectivity index (χ3n) is 5.29. The van der Waals surface area contributed by atoms with Crippen LogP contribution in [0.4, 0.5) is 5.69 Å². The summed E-state index contributed by atoms with van der Waals surface area (Å²) >= 11 is 0. The van der Waals surface area contributed by atoms with Gasteiger partial charge in [0.25, 0.3) is 0 Å². The standard InChI is InChI=1S/C25H22N2O5S/c1-17-11-13-18(14-12-17)33(30,31)23-15-27(22-10-6-4-8-20(22)23)16-24(28)26-21-9-5-3-7-19(21)25(29)32-2/h3-15H,16H2,1-2H3,(H,26,28). The fourth-order valence-electron chi connectivity index (χ4n) is 3.63. The van der Waals surface area contributed by atoms with Crippen LogP contribution in [0.5, 0.6) is 0 Å². The molecule has 1 N–H and O–H groups in total. The van der Waals surface area contributed by atoms with Gasteiger partial charge >= 0.3 is 5.97 Å². The summed E-state index contributed by atoms with van der Waals surface area (Å²) in [6.07, 6.45) is 1.48. The van der Waals surface area contributed by atoms with E-state index in [0.717, 1.165) is 5.56 Å². The van der Waals surface area contributed by atoms with Gasteiger partial charge in [0.15, 0.2) is 0 Å². The number of anilines is 1. The SMILES string of the molecule is COC(=O)c1ccccc1NC(=O)Cn1cc(S(=O)(=O)c2ccc(C)cc2)c2ccccc21.